The number of carbonyl (C=O) groups is 2. The standard InChI is InChI=1S/C18H14O2/c1-17-13-9-5-3-7-11(13)15(19)18(17,2)16(20)12-8-4-6-10-14(12)17/h3-10H,1-2H3. The van der Waals surface area contributed by atoms with Crippen LogP contribution in [0.15, 0.2) is 48.5 Å². The Morgan fingerprint density at radius 2 is 1.05 bits per heavy atom. The Morgan fingerprint density at radius 1 is 0.650 bits per heavy atom. The largest absolute Gasteiger partial charge is 0.293 e. The Bertz CT molecular complexity index is 726. The first-order valence-corrected chi connectivity index (χ1v) is 6.81. The van der Waals surface area contributed by atoms with Gasteiger partial charge in [-0.3, -0.25) is 9.59 Å². The molecule has 2 heteroatoms. The third-order valence-electron chi connectivity index (χ3n) is 5.33. The van der Waals surface area contributed by atoms with Crippen molar-refractivity contribution in [3.63, 3.8) is 0 Å². The molecule has 0 saturated carbocycles. The minimum Gasteiger partial charge on any atom is -0.293 e. The fourth-order valence-electron chi connectivity index (χ4n) is 4.01. The van der Waals surface area contributed by atoms with Gasteiger partial charge in [0.05, 0.1) is 0 Å². The second-order valence-corrected chi connectivity index (χ2v) is 6.00. The molecule has 0 amide bonds. The van der Waals surface area contributed by atoms with Crippen LogP contribution in [-0.4, -0.2) is 11.6 Å². The molecule has 2 aliphatic rings. The Balaban J connectivity index is 2.18. The molecule has 2 aliphatic carbocycles. The van der Waals surface area contributed by atoms with Gasteiger partial charge in [0.15, 0.2) is 11.6 Å². The minimum atomic E-state index is -1.000. The monoisotopic (exact) mass is 262 g/mol. The quantitative estimate of drug-likeness (QED) is 0.682. The van der Waals surface area contributed by atoms with Gasteiger partial charge in [0.2, 0.25) is 0 Å². The first-order chi connectivity index (χ1) is 9.53. The molecule has 2 aromatic rings. The first-order valence-electron chi connectivity index (χ1n) is 6.81. The van der Waals surface area contributed by atoms with Crippen LogP contribution in [-0.2, 0) is 5.41 Å². The van der Waals surface area contributed by atoms with Crippen molar-refractivity contribution in [2.24, 2.45) is 5.41 Å². The summed E-state index contributed by atoms with van der Waals surface area (Å²) < 4.78 is 0. The van der Waals surface area contributed by atoms with Crippen molar-refractivity contribution in [1.29, 1.82) is 0 Å². The summed E-state index contributed by atoms with van der Waals surface area (Å²) in [7, 11) is 0. The smallest absolute Gasteiger partial charge is 0.178 e. The molecular formula is C18H14O2. The molecule has 0 unspecified atom stereocenters. The molecule has 98 valence electrons. The van der Waals surface area contributed by atoms with E-state index in [2.05, 4.69) is 0 Å². The number of benzene rings is 2. The van der Waals surface area contributed by atoms with Crippen LogP contribution in [0.25, 0.3) is 0 Å². The molecule has 0 aliphatic heterocycles. The molecular weight excluding hydrogens is 248 g/mol. The van der Waals surface area contributed by atoms with Crippen molar-refractivity contribution < 1.29 is 9.59 Å². The highest BCUT2D eigenvalue weighted by atomic mass is 16.2. The van der Waals surface area contributed by atoms with Gasteiger partial charge >= 0.3 is 0 Å². The number of carbonyl (C=O) groups excluding carboxylic acids is 2. The lowest BCUT2D eigenvalue weighted by atomic mass is 9.65. The molecule has 0 fully saturated rings. The molecule has 0 spiro atoms. The molecule has 0 radical (unpaired) electrons. The zero-order chi connectivity index (χ0) is 14.1. The molecule has 4 rings (SSSR count). The van der Waals surface area contributed by atoms with E-state index in [0.717, 1.165) is 11.1 Å². The lowest BCUT2D eigenvalue weighted by Crippen LogP contribution is -2.42. The average Bonchev–Trinajstić information content (AvgIpc) is 2.78. The van der Waals surface area contributed by atoms with Gasteiger partial charge in [0.25, 0.3) is 0 Å². The molecule has 0 aromatic heterocycles. The SMILES string of the molecule is CC12C(=O)c3ccccc3C1(C)c1ccccc1C2=O. The fraction of sp³-hybridized carbons (Fsp3) is 0.222. The lowest BCUT2D eigenvalue weighted by molar-refractivity contribution is 0.0662. The first kappa shape index (κ1) is 11.6. The maximum absolute atomic E-state index is 12.9. The fourth-order valence-corrected chi connectivity index (χ4v) is 4.01. The highest BCUT2D eigenvalue weighted by molar-refractivity contribution is 6.27. The van der Waals surface area contributed by atoms with Gasteiger partial charge in [-0.1, -0.05) is 48.5 Å². The predicted octanol–water partition coefficient (Wildman–Crippen LogP) is 3.39. The zero-order valence-electron chi connectivity index (χ0n) is 11.4. The number of hydrogen-bond acceptors (Lipinski definition) is 2. The van der Waals surface area contributed by atoms with E-state index in [0.29, 0.717) is 11.1 Å². The van der Waals surface area contributed by atoms with Crippen LogP contribution in [0, 0.1) is 5.41 Å². The van der Waals surface area contributed by atoms with Crippen LogP contribution < -0.4 is 0 Å². The van der Waals surface area contributed by atoms with Crippen LogP contribution in [0.1, 0.15) is 45.7 Å². The summed E-state index contributed by atoms with van der Waals surface area (Å²) in [5.41, 5.74) is 1.80. The third-order valence-corrected chi connectivity index (χ3v) is 5.33. The summed E-state index contributed by atoms with van der Waals surface area (Å²) in [6, 6.07) is 15.2. The summed E-state index contributed by atoms with van der Waals surface area (Å²) in [5, 5.41) is 0. The normalized spacial score (nSPS) is 30.1. The number of rotatable bonds is 0. The van der Waals surface area contributed by atoms with Gasteiger partial charge in [-0.2, -0.15) is 0 Å². The van der Waals surface area contributed by atoms with Crippen LogP contribution in [0.5, 0.6) is 0 Å². The second kappa shape index (κ2) is 3.26. The maximum Gasteiger partial charge on any atom is 0.178 e. The molecule has 0 saturated heterocycles. The number of hydrogen-bond donors (Lipinski definition) is 0. The highest BCUT2D eigenvalue weighted by Gasteiger charge is 2.67. The van der Waals surface area contributed by atoms with E-state index in [1.54, 1.807) is 6.92 Å². The van der Waals surface area contributed by atoms with Gasteiger partial charge in [-0.05, 0) is 25.0 Å². The van der Waals surface area contributed by atoms with Gasteiger partial charge in [-0.15, -0.1) is 0 Å². The van der Waals surface area contributed by atoms with Gasteiger partial charge in [0, 0.05) is 16.5 Å². The molecule has 0 bridgehead atoms. The van der Waals surface area contributed by atoms with Crippen molar-refractivity contribution >= 4 is 11.6 Å². The Kier molecular flexibility index (Phi) is 1.89. The lowest BCUT2D eigenvalue weighted by Gasteiger charge is -2.33. The third kappa shape index (κ3) is 0.933. The van der Waals surface area contributed by atoms with Gasteiger partial charge < -0.3 is 0 Å². The molecule has 0 N–H and O–H groups in total. The molecule has 2 nitrogen and oxygen atoms in total. The average molecular weight is 262 g/mol. The predicted molar refractivity (Wildman–Crippen MR) is 76.1 cm³/mol. The van der Waals surface area contributed by atoms with Crippen LogP contribution in [0.4, 0.5) is 0 Å². The highest BCUT2D eigenvalue weighted by Crippen LogP contribution is 2.61. The number of Topliss-reactive ketones (excluding diaryl/α,β-unsaturated/α-hetero) is 2. The van der Waals surface area contributed by atoms with Crippen LogP contribution in [0.3, 0.4) is 0 Å². The Labute approximate surface area is 117 Å². The molecule has 20 heavy (non-hydrogen) atoms. The Morgan fingerprint density at radius 3 is 1.50 bits per heavy atom. The van der Waals surface area contributed by atoms with Crippen LogP contribution >= 0.6 is 0 Å². The molecule has 0 heterocycles. The van der Waals surface area contributed by atoms with Crippen LogP contribution in [0.2, 0.25) is 0 Å². The van der Waals surface area contributed by atoms with E-state index >= 15 is 0 Å². The van der Waals surface area contributed by atoms with E-state index in [1.165, 1.54) is 0 Å². The van der Waals surface area contributed by atoms with Crippen molar-refractivity contribution in [1.82, 2.24) is 0 Å². The van der Waals surface area contributed by atoms with Crippen molar-refractivity contribution in [2.45, 2.75) is 19.3 Å². The summed E-state index contributed by atoms with van der Waals surface area (Å²) >= 11 is 0. The summed E-state index contributed by atoms with van der Waals surface area (Å²) in [5.74, 6) is -0.0893. The minimum absolute atomic E-state index is 0.0446. The van der Waals surface area contributed by atoms with Gasteiger partial charge in [0.1, 0.15) is 5.41 Å². The summed E-state index contributed by atoms with van der Waals surface area (Å²) in [6.45, 7) is 3.83. The van der Waals surface area contributed by atoms with E-state index in [9.17, 15) is 9.59 Å². The van der Waals surface area contributed by atoms with Gasteiger partial charge in [-0.25, -0.2) is 0 Å². The van der Waals surface area contributed by atoms with E-state index in [4.69, 9.17) is 0 Å². The maximum atomic E-state index is 12.9. The van der Waals surface area contributed by atoms with E-state index < -0.39 is 10.8 Å². The zero-order valence-corrected chi connectivity index (χ0v) is 11.4. The number of fused-ring (bicyclic) bond motifs is 5. The van der Waals surface area contributed by atoms with E-state index in [1.807, 2.05) is 55.5 Å². The molecule has 2 aromatic carbocycles. The van der Waals surface area contributed by atoms with E-state index in [-0.39, 0.29) is 11.6 Å². The summed E-state index contributed by atoms with van der Waals surface area (Å²) in [4.78, 5) is 25.7. The number of ketones is 2. The van der Waals surface area contributed by atoms with Crippen molar-refractivity contribution in [3.8, 4) is 0 Å². The van der Waals surface area contributed by atoms with Crippen molar-refractivity contribution in [2.75, 3.05) is 0 Å². The summed E-state index contributed by atoms with van der Waals surface area (Å²) in [6.07, 6.45) is 0. The molecule has 0 atom stereocenters. The van der Waals surface area contributed by atoms with Crippen molar-refractivity contribution in [3.05, 3.63) is 70.8 Å². The second-order valence-electron chi connectivity index (χ2n) is 6.00. The topological polar surface area (TPSA) is 34.1 Å². The Hall–Kier alpha value is -2.22.